The molecule has 0 unspecified atom stereocenters. The Labute approximate surface area is 142 Å². The van der Waals surface area contributed by atoms with Crippen molar-refractivity contribution in [2.45, 2.75) is 17.7 Å². The first-order valence-corrected chi connectivity index (χ1v) is 9.56. The van der Waals surface area contributed by atoms with E-state index in [-0.39, 0.29) is 23.0 Å². The van der Waals surface area contributed by atoms with Crippen molar-refractivity contribution in [1.82, 2.24) is 10.2 Å². The number of methoxy groups -OCH3 is 2. The van der Waals surface area contributed by atoms with Crippen molar-refractivity contribution in [3.05, 3.63) is 18.2 Å². The predicted octanol–water partition coefficient (Wildman–Crippen LogP) is 0.690. The van der Waals surface area contributed by atoms with Gasteiger partial charge < -0.3 is 19.7 Å². The van der Waals surface area contributed by atoms with Crippen molar-refractivity contribution in [2.75, 3.05) is 46.2 Å². The average Bonchev–Trinajstić information content (AvgIpc) is 2.88. The summed E-state index contributed by atoms with van der Waals surface area (Å²) in [6, 6.07) is 4.44. The molecule has 0 bridgehead atoms. The minimum absolute atomic E-state index is 0.0172. The van der Waals surface area contributed by atoms with Crippen LogP contribution in [-0.4, -0.2) is 65.4 Å². The molecule has 8 heteroatoms. The molecule has 1 aromatic carbocycles. The molecule has 1 heterocycles. The van der Waals surface area contributed by atoms with Gasteiger partial charge in [-0.05, 0) is 25.1 Å². The summed E-state index contributed by atoms with van der Waals surface area (Å²) in [7, 11) is -0.623. The summed E-state index contributed by atoms with van der Waals surface area (Å²) < 4.78 is 35.2. The molecule has 1 amide bonds. The normalized spacial score (nSPS) is 15.7. The van der Waals surface area contributed by atoms with Gasteiger partial charge in [0.25, 0.3) is 0 Å². The van der Waals surface area contributed by atoms with Crippen molar-refractivity contribution >= 4 is 15.7 Å². The number of sulfone groups is 1. The Hall–Kier alpha value is -1.80. The second-order valence-corrected chi connectivity index (χ2v) is 7.68. The Balaban J connectivity index is 2.04. The van der Waals surface area contributed by atoms with Crippen molar-refractivity contribution in [2.24, 2.45) is 0 Å². The van der Waals surface area contributed by atoms with Gasteiger partial charge in [0.15, 0.2) is 21.3 Å². The summed E-state index contributed by atoms with van der Waals surface area (Å²) in [4.78, 5) is 14.1. The fourth-order valence-corrected chi connectivity index (χ4v) is 3.84. The van der Waals surface area contributed by atoms with Crippen molar-refractivity contribution in [3.63, 3.8) is 0 Å². The molecular formula is C16H24N2O5S. The number of carbonyl (C=O) groups excluding carboxylic acids is 1. The zero-order chi connectivity index (χ0) is 17.6. The van der Waals surface area contributed by atoms with Crippen LogP contribution in [0.2, 0.25) is 0 Å². The van der Waals surface area contributed by atoms with E-state index >= 15 is 0 Å². The third kappa shape index (κ3) is 4.61. The van der Waals surface area contributed by atoms with E-state index < -0.39 is 9.84 Å². The number of nitrogens with zero attached hydrogens (tertiary/aromatic N) is 1. The molecule has 0 spiro atoms. The van der Waals surface area contributed by atoms with Crippen molar-refractivity contribution in [3.8, 4) is 11.5 Å². The Morgan fingerprint density at radius 1 is 1.17 bits per heavy atom. The third-order valence-corrected chi connectivity index (χ3v) is 5.71. The van der Waals surface area contributed by atoms with Crippen LogP contribution in [-0.2, 0) is 14.6 Å². The van der Waals surface area contributed by atoms with Gasteiger partial charge in [-0.1, -0.05) is 0 Å². The fourth-order valence-electron chi connectivity index (χ4n) is 2.60. The smallest absolute Gasteiger partial charge is 0.223 e. The van der Waals surface area contributed by atoms with Gasteiger partial charge in [0.2, 0.25) is 5.91 Å². The molecule has 1 N–H and O–H groups in total. The summed E-state index contributed by atoms with van der Waals surface area (Å²) in [5.74, 6) is 0.474. The van der Waals surface area contributed by atoms with Crippen LogP contribution in [0.4, 0.5) is 0 Å². The number of nitrogens with one attached hydrogen (secondary N) is 1. The van der Waals surface area contributed by atoms with E-state index in [4.69, 9.17) is 9.47 Å². The summed E-state index contributed by atoms with van der Waals surface area (Å²) in [5.41, 5.74) is 0. The molecule has 2 rings (SSSR count). The SMILES string of the molecule is COc1ccc(S(=O)(=O)CCC(=O)N2CCCNCC2)cc1OC. The van der Waals surface area contributed by atoms with Gasteiger partial charge in [0.05, 0.1) is 24.9 Å². The molecule has 24 heavy (non-hydrogen) atoms. The molecule has 1 aliphatic heterocycles. The minimum Gasteiger partial charge on any atom is -0.493 e. The second-order valence-electron chi connectivity index (χ2n) is 5.57. The Morgan fingerprint density at radius 3 is 2.62 bits per heavy atom. The first-order valence-electron chi connectivity index (χ1n) is 7.91. The van der Waals surface area contributed by atoms with E-state index in [0.717, 1.165) is 19.5 Å². The molecule has 0 aliphatic carbocycles. The highest BCUT2D eigenvalue weighted by Gasteiger charge is 2.21. The number of hydrogen-bond donors (Lipinski definition) is 1. The lowest BCUT2D eigenvalue weighted by Crippen LogP contribution is -2.35. The van der Waals surface area contributed by atoms with E-state index in [9.17, 15) is 13.2 Å². The molecular weight excluding hydrogens is 332 g/mol. The first-order chi connectivity index (χ1) is 11.5. The standard InChI is InChI=1S/C16H24N2O5S/c1-22-14-5-4-13(12-15(14)23-2)24(20,21)11-6-16(19)18-9-3-7-17-8-10-18/h4-5,12,17H,3,6-11H2,1-2H3. The number of carbonyl (C=O) groups is 1. The van der Waals surface area contributed by atoms with Gasteiger partial charge in [-0.3, -0.25) is 4.79 Å². The van der Waals surface area contributed by atoms with Crippen LogP contribution in [0, 0.1) is 0 Å². The molecule has 1 fully saturated rings. The molecule has 0 radical (unpaired) electrons. The second kappa shape index (κ2) is 8.34. The van der Waals surface area contributed by atoms with Crippen LogP contribution in [0.15, 0.2) is 23.1 Å². The van der Waals surface area contributed by atoms with E-state index in [0.29, 0.717) is 24.6 Å². The van der Waals surface area contributed by atoms with E-state index in [1.807, 2.05) is 0 Å². The minimum atomic E-state index is -3.56. The summed E-state index contributed by atoms with van der Waals surface area (Å²) in [5, 5.41) is 3.22. The summed E-state index contributed by atoms with van der Waals surface area (Å²) in [6.45, 7) is 2.92. The number of ether oxygens (including phenoxy) is 2. The Morgan fingerprint density at radius 2 is 1.92 bits per heavy atom. The molecule has 134 valence electrons. The molecule has 0 aromatic heterocycles. The molecule has 0 saturated carbocycles. The molecule has 7 nitrogen and oxygen atoms in total. The van der Waals surface area contributed by atoms with Gasteiger partial charge in [-0.2, -0.15) is 0 Å². The summed E-state index contributed by atoms with van der Waals surface area (Å²) >= 11 is 0. The van der Waals surface area contributed by atoms with Crippen LogP contribution >= 0.6 is 0 Å². The van der Waals surface area contributed by atoms with E-state index in [1.165, 1.54) is 26.4 Å². The zero-order valence-electron chi connectivity index (χ0n) is 14.1. The van der Waals surface area contributed by atoms with Crippen LogP contribution in [0.1, 0.15) is 12.8 Å². The maximum Gasteiger partial charge on any atom is 0.223 e. The predicted molar refractivity (Wildman–Crippen MR) is 90.3 cm³/mol. The molecule has 0 atom stereocenters. The van der Waals surface area contributed by atoms with Gasteiger partial charge in [-0.25, -0.2) is 8.42 Å². The largest absolute Gasteiger partial charge is 0.493 e. The molecule has 1 aliphatic rings. The highest BCUT2D eigenvalue weighted by atomic mass is 32.2. The van der Waals surface area contributed by atoms with Gasteiger partial charge in [0, 0.05) is 32.1 Å². The number of benzene rings is 1. The van der Waals surface area contributed by atoms with E-state index in [1.54, 1.807) is 11.0 Å². The topological polar surface area (TPSA) is 84.9 Å². The maximum atomic E-state index is 12.5. The lowest BCUT2D eigenvalue weighted by Gasteiger charge is -2.19. The lowest BCUT2D eigenvalue weighted by atomic mass is 10.3. The highest BCUT2D eigenvalue weighted by molar-refractivity contribution is 7.91. The zero-order valence-corrected chi connectivity index (χ0v) is 14.9. The van der Waals surface area contributed by atoms with Crippen molar-refractivity contribution < 1.29 is 22.7 Å². The highest BCUT2D eigenvalue weighted by Crippen LogP contribution is 2.29. The van der Waals surface area contributed by atoms with E-state index in [2.05, 4.69) is 5.32 Å². The number of amides is 1. The van der Waals surface area contributed by atoms with Gasteiger partial charge >= 0.3 is 0 Å². The molecule has 1 aromatic rings. The van der Waals surface area contributed by atoms with Crippen LogP contribution < -0.4 is 14.8 Å². The first kappa shape index (κ1) is 18.5. The quantitative estimate of drug-likeness (QED) is 0.807. The van der Waals surface area contributed by atoms with Crippen molar-refractivity contribution in [1.29, 1.82) is 0 Å². The monoisotopic (exact) mass is 356 g/mol. The Kier molecular flexibility index (Phi) is 6.44. The van der Waals surface area contributed by atoms with Crippen LogP contribution in [0.3, 0.4) is 0 Å². The van der Waals surface area contributed by atoms with Crippen LogP contribution in [0.25, 0.3) is 0 Å². The third-order valence-electron chi connectivity index (χ3n) is 3.99. The molecule has 1 saturated heterocycles. The fraction of sp³-hybridized carbons (Fsp3) is 0.562. The lowest BCUT2D eigenvalue weighted by molar-refractivity contribution is -0.130. The number of hydrogen-bond acceptors (Lipinski definition) is 6. The summed E-state index contributed by atoms with van der Waals surface area (Å²) in [6.07, 6.45) is 0.866. The average molecular weight is 356 g/mol. The van der Waals surface area contributed by atoms with Crippen LogP contribution in [0.5, 0.6) is 11.5 Å². The Bertz CT molecular complexity index is 667. The maximum absolute atomic E-state index is 12.5. The van der Waals surface area contributed by atoms with Gasteiger partial charge in [0.1, 0.15) is 0 Å². The van der Waals surface area contributed by atoms with Gasteiger partial charge in [-0.15, -0.1) is 0 Å². The number of rotatable bonds is 6.